The van der Waals surface area contributed by atoms with Crippen molar-refractivity contribution < 1.29 is 80.2 Å². The summed E-state index contributed by atoms with van der Waals surface area (Å²) in [6.07, 6.45) is 62.2. The van der Waals surface area contributed by atoms with Crippen molar-refractivity contribution in [3.8, 4) is 0 Å². The van der Waals surface area contributed by atoms with Crippen molar-refractivity contribution in [1.82, 2.24) is 0 Å². The zero-order chi connectivity index (χ0) is 67.5. The van der Waals surface area contributed by atoms with Crippen LogP contribution in [0.1, 0.15) is 323 Å². The molecule has 536 valence electrons. The summed E-state index contributed by atoms with van der Waals surface area (Å²) in [6, 6.07) is 0. The van der Waals surface area contributed by atoms with E-state index in [0.29, 0.717) is 25.7 Å². The maximum atomic E-state index is 13.0. The molecule has 0 amide bonds. The fraction of sp³-hybridized carbons (Fsp3) is 0.808. The lowest BCUT2D eigenvalue weighted by molar-refractivity contribution is -0.161. The number of hydrogen-bond donors (Lipinski definition) is 3. The first kappa shape index (κ1) is 88.8. The van der Waals surface area contributed by atoms with E-state index in [1.54, 1.807) is 0 Å². The van der Waals surface area contributed by atoms with Crippen molar-refractivity contribution in [3.05, 3.63) is 60.8 Å². The molecule has 0 aromatic rings. The largest absolute Gasteiger partial charge is 0.472 e. The summed E-state index contributed by atoms with van der Waals surface area (Å²) in [5.74, 6) is -2.19. The molecule has 0 heterocycles. The van der Waals surface area contributed by atoms with Crippen LogP contribution < -0.4 is 0 Å². The van der Waals surface area contributed by atoms with Gasteiger partial charge in [0.25, 0.3) is 0 Å². The Labute approximate surface area is 559 Å². The normalized spacial score (nSPS) is 14.4. The third-order valence-electron chi connectivity index (χ3n) is 15.4. The number of phosphoric acid groups is 2. The van der Waals surface area contributed by atoms with Crippen LogP contribution in [0.3, 0.4) is 0 Å². The molecule has 0 fully saturated rings. The molecular weight excluding hydrogens is 1210 g/mol. The van der Waals surface area contributed by atoms with Gasteiger partial charge in [0.1, 0.15) is 19.3 Å². The molecule has 0 rings (SSSR count). The number of aliphatic hydroxyl groups excluding tert-OH is 1. The highest BCUT2D eigenvalue weighted by molar-refractivity contribution is 7.47. The molecule has 0 aliphatic carbocycles. The van der Waals surface area contributed by atoms with Crippen LogP contribution in [0.4, 0.5) is 0 Å². The molecule has 0 radical (unpaired) electrons. The second kappa shape index (κ2) is 66.4. The van der Waals surface area contributed by atoms with Crippen molar-refractivity contribution in [1.29, 1.82) is 0 Å². The topological polar surface area (TPSA) is 237 Å². The summed E-state index contributed by atoms with van der Waals surface area (Å²) < 4.78 is 68.3. The average Bonchev–Trinajstić information content (AvgIpc) is 2.25. The van der Waals surface area contributed by atoms with Gasteiger partial charge in [0, 0.05) is 25.7 Å². The quantitative estimate of drug-likeness (QED) is 0.0169. The van der Waals surface area contributed by atoms with Crippen molar-refractivity contribution >= 4 is 39.5 Å². The number of esters is 4. The van der Waals surface area contributed by atoms with E-state index < -0.39 is 97.5 Å². The fourth-order valence-corrected chi connectivity index (χ4v) is 11.4. The standard InChI is InChI=1S/C73H132O17P2/c1-5-9-13-17-21-25-29-32-33-36-39-42-46-50-54-58-71(76)84-64-69(90-73(78)60-56-52-48-44-40-35-31-27-23-19-15-11-7-3)66-88-92(81,82)86-62-67(74)61-85-91(79,80)87-65-68(89-72(77)59-55-51-47-43-37-28-24-20-16-12-8-4)63-83-70(75)57-53-49-45-41-38-34-30-26-22-18-14-10-6-2/h14,18,20-21,24-26,30,32-33,67-69,74H,5-13,15-17,19,22-23,27-29,31,34-66H2,1-4H3,(H,79,80)(H,81,82)/b18-14-,24-20-,25-21-,30-26-,33-32-. The number of rotatable bonds is 69. The van der Waals surface area contributed by atoms with Gasteiger partial charge in [-0.05, 0) is 103 Å². The minimum absolute atomic E-state index is 0.0844. The second-order valence-electron chi connectivity index (χ2n) is 24.5. The van der Waals surface area contributed by atoms with E-state index in [9.17, 15) is 43.2 Å². The highest BCUT2D eigenvalue weighted by atomic mass is 31.2. The first-order valence-electron chi connectivity index (χ1n) is 36.5. The first-order chi connectivity index (χ1) is 44.7. The van der Waals surface area contributed by atoms with E-state index in [2.05, 4.69) is 88.5 Å². The predicted molar refractivity (Wildman–Crippen MR) is 372 cm³/mol. The molecule has 0 aliphatic heterocycles. The number of unbranched alkanes of at least 4 members (excludes halogenated alkanes) is 33. The van der Waals surface area contributed by atoms with E-state index in [0.717, 1.165) is 161 Å². The van der Waals surface area contributed by atoms with Gasteiger partial charge in [0.15, 0.2) is 12.2 Å². The first-order valence-corrected chi connectivity index (χ1v) is 39.5. The smallest absolute Gasteiger partial charge is 0.462 e. The molecule has 5 atom stereocenters. The molecule has 19 heteroatoms. The Hall–Kier alpha value is -3.24. The highest BCUT2D eigenvalue weighted by Crippen LogP contribution is 2.45. The maximum Gasteiger partial charge on any atom is 0.472 e. The van der Waals surface area contributed by atoms with E-state index in [1.807, 2.05) is 0 Å². The Balaban J connectivity index is 5.31. The average molecular weight is 1340 g/mol. The Kier molecular flexibility index (Phi) is 64.0. The number of carbonyl (C=O) groups is 4. The Bertz CT molecular complexity index is 1990. The third-order valence-corrected chi connectivity index (χ3v) is 17.3. The van der Waals surface area contributed by atoms with Gasteiger partial charge in [0.2, 0.25) is 0 Å². The molecule has 3 N–H and O–H groups in total. The van der Waals surface area contributed by atoms with Gasteiger partial charge in [-0.25, -0.2) is 9.13 Å². The second-order valence-corrected chi connectivity index (χ2v) is 27.4. The Morgan fingerprint density at radius 1 is 0.304 bits per heavy atom. The summed E-state index contributed by atoms with van der Waals surface area (Å²) in [5, 5.41) is 10.6. The zero-order valence-electron chi connectivity index (χ0n) is 58.2. The zero-order valence-corrected chi connectivity index (χ0v) is 60.0. The SMILES string of the molecule is CCC/C=C\C/C=C\CCCCCCCC(=O)OCC(COP(=O)(O)OCC(O)COP(=O)(O)OCC(COC(=O)CCCCCCC/C=C\C/C=C\CCCCC)OC(=O)CCCCCCCCCCCCCCC)OC(=O)CCCCCCC/C=C\CCCC. The van der Waals surface area contributed by atoms with Gasteiger partial charge >= 0.3 is 39.5 Å². The maximum absolute atomic E-state index is 13.0. The summed E-state index contributed by atoms with van der Waals surface area (Å²) in [7, 11) is -9.93. The Morgan fingerprint density at radius 3 is 0.913 bits per heavy atom. The summed E-state index contributed by atoms with van der Waals surface area (Å²) >= 11 is 0. The molecule has 92 heavy (non-hydrogen) atoms. The van der Waals surface area contributed by atoms with Gasteiger partial charge in [-0.15, -0.1) is 0 Å². The van der Waals surface area contributed by atoms with Crippen molar-refractivity contribution in [3.63, 3.8) is 0 Å². The van der Waals surface area contributed by atoms with Crippen LogP contribution in [-0.2, 0) is 65.4 Å². The molecule has 0 aromatic heterocycles. The van der Waals surface area contributed by atoms with Crippen LogP contribution in [0.5, 0.6) is 0 Å². The molecule has 0 saturated heterocycles. The number of carbonyl (C=O) groups excluding carboxylic acids is 4. The number of aliphatic hydroxyl groups is 1. The lowest BCUT2D eigenvalue weighted by Crippen LogP contribution is -2.30. The third kappa shape index (κ3) is 65.4. The molecular formula is C73H132O17P2. The van der Waals surface area contributed by atoms with Crippen LogP contribution in [-0.4, -0.2) is 96.7 Å². The van der Waals surface area contributed by atoms with Crippen molar-refractivity contribution in [2.24, 2.45) is 0 Å². The van der Waals surface area contributed by atoms with Crippen LogP contribution in [0.2, 0.25) is 0 Å². The number of allylic oxidation sites excluding steroid dienone is 10. The van der Waals surface area contributed by atoms with E-state index in [4.69, 9.17) is 37.0 Å². The molecule has 0 bridgehead atoms. The Morgan fingerprint density at radius 2 is 0.565 bits per heavy atom. The lowest BCUT2D eigenvalue weighted by atomic mass is 10.0. The van der Waals surface area contributed by atoms with Gasteiger partial charge in [0.05, 0.1) is 26.4 Å². The summed E-state index contributed by atoms with van der Waals surface area (Å²) in [4.78, 5) is 72.6. The van der Waals surface area contributed by atoms with Gasteiger partial charge < -0.3 is 33.8 Å². The van der Waals surface area contributed by atoms with Crippen LogP contribution in [0, 0.1) is 0 Å². The van der Waals surface area contributed by atoms with Crippen LogP contribution in [0.25, 0.3) is 0 Å². The minimum atomic E-state index is -4.97. The fourth-order valence-electron chi connectivity index (χ4n) is 9.80. The van der Waals surface area contributed by atoms with Crippen LogP contribution in [0.15, 0.2) is 60.8 Å². The van der Waals surface area contributed by atoms with Crippen molar-refractivity contribution in [2.45, 2.75) is 341 Å². The number of phosphoric ester groups is 2. The van der Waals surface area contributed by atoms with E-state index >= 15 is 0 Å². The molecule has 5 unspecified atom stereocenters. The molecule has 17 nitrogen and oxygen atoms in total. The van der Waals surface area contributed by atoms with Gasteiger partial charge in [-0.3, -0.25) is 37.3 Å². The molecule has 0 spiro atoms. The van der Waals surface area contributed by atoms with E-state index in [-0.39, 0.29) is 25.7 Å². The summed E-state index contributed by atoms with van der Waals surface area (Å²) in [6.45, 7) is 4.73. The van der Waals surface area contributed by atoms with E-state index in [1.165, 1.54) is 83.5 Å². The van der Waals surface area contributed by atoms with Gasteiger partial charge in [-0.2, -0.15) is 0 Å². The highest BCUT2D eigenvalue weighted by Gasteiger charge is 2.30. The number of hydrogen-bond acceptors (Lipinski definition) is 15. The monoisotopic (exact) mass is 1340 g/mol. The minimum Gasteiger partial charge on any atom is -0.462 e. The van der Waals surface area contributed by atoms with Gasteiger partial charge in [-0.1, -0.05) is 255 Å². The molecule has 0 aromatic carbocycles. The number of ether oxygens (including phenoxy) is 4. The molecule has 0 saturated carbocycles. The summed E-state index contributed by atoms with van der Waals surface area (Å²) in [5.41, 5.74) is 0. The lowest BCUT2D eigenvalue weighted by Gasteiger charge is -2.21. The van der Waals surface area contributed by atoms with Crippen molar-refractivity contribution in [2.75, 3.05) is 39.6 Å². The predicted octanol–water partition coefficient (Wildman–Crippen LogP) is 20.3. The molecule has 0 aliphatic rings. The van der Waals surface area contributed by atoms with Crippen LogP contribution >= 0.6 is 15.6 Å².